The van der Waals surface area contributed by atoms with Gasteiger partial charge in [-0.2, -0.15) is 0 Å². The highest BCUT2D eigenvalue weighted by molar-refractivity contribution is 7.94. The van der Waals surface area contributed by atoms with E-state index in [-0.39, 0.29) is 18.3 Å². The zero-order chi connectivity index (χ0) is 11.0. The van der Waals surface area contributed by atoms with Gasteiger partial charge in [0.05, 0.1) is 19.0 Å². The van der Waals surface area contributed by atoms with E-state index in [1.807, 2.05) is 0 Å². The molecule has 0 atom stereocenters. The van der Waals surface area contributed by atoms with Crippen LogP contribution < -0.4 is 5.32 Å². The number of hydrogen-bond acceptors (Lipinski definition) is 4. The van der Waals surface area contributed by atoms with Crippen molar-refractivity contribution in [2.45, 2.75) is 6.92 Å². The summed E-state index contributed by atoms with van der Waals surface area (Å²) >= 11 is 0. The van der Waals surface area contributed by atoms with Crippen molar-refractivity contribution >= 4 is 15.7 Å². The fourth-order valence-corrected chi connectivity index (χ4v) is 1.18. The van der Waals surface area contributed by atoms with E-state index < -0.39 is 9.84 Å². The van der Waals surface area contributed by atoms with E-state index in [4.69, 9.17) is 4.74 Å². The maximum absolute atomic E-state index is 10.9. The highest BCUT2D eigenvalue weighted by atomic mass is 32.2. The minimum Gasteiger partial charge on any atom is -0.379 e. The van der Waals surface area contributed by atoms with E-state index in [0.29, 0.717) is 13.2 Å². The average Bonchev–Trinajstić information content (AvgIpc) is 2.10. The lowest BCUT2D eigenvalue weighted by Crippen LogP contribution is -2.25. The number of rotatable bonds is 7. The first-order valence-corrected chi connectivity index (χ1v) is 5.87. The van der Waals surface area contributed by atoms with Gasteiger partial charge in [0.15, 0.2) is 9.84 Å². The summed E-state index contributed by atoms with van der Waals surface area (Å²) in [6, 6.07) is 0. The molecule has 0 radical (unpaired) electrons. The number of carbonyl (C=O) groups is 1. The van der Waals surface area contributed by atoms with Gasteiger partial charge in [0.2, 0.25) is 5.91 Å². The quantitative estimate of drug-likeness (QED) is 0.599. The summed E-state index contributed by atoms with van der Waals surface area (Å²) in [7, 11) is -3.17. The molecule has 6 heteroatoms. The van der Waals surface area contributed by atoms with Crippen molar-refractivity contribution in [1.82, 2.24) is 5.32 Å². The maximum atomic E-state index is 10.9. The van der Waals surface area contributed by atoms with E-state index in [0.717, 1.165) is 5.41 Å². The summed E-state index contributed by atoms with van der Waals surface area (Å²) in [5.74, 6) is -0.205. The highest BCUT2D eigenvalue weighted by Gasteiger charge is 2.03. The molecule has 0 aliphatic carbocycles. The van der Waals surface area contributed by atoms with Gasteiger partial charge in [-0.25, -0.2) is 8.42 Å². The fourth-order valence-electron chi connectivity index (χ4n) is 0.660. The van der Waals surface area contributed by atoms with Gasteiger partial charge in [-0.05, 0) is 0 Å². The fraction of sp³-hybridized carbons (Fsp3) is 0.625. The van der Waals surface area contributed by atoms with Gasteiger partial charge >= 0.3 is 0 Å². The van der Waals surface area contributed by atoms with Gasteiger partial charge < -0.3 is 10.1 Å². The molecule has 0 aromatic heterocycles. The number of carbonyl (C=O) groups excluding carboxylic acids is 1. The van der Waals surface area contributed by atoms with Gasteiger partial charge in [-0.1, -0.05) is 6.58 Å². The van der Waals surface area contributed by atoms with E-state index in [1.165, 1.54) is 6.92 Å². The molecule has 0 saturated carbocycles. The molecule has 0 aliphatic heterocycles. The van der Waals surface area contributed by atoms with Crippen LogP contribution in [-0.4, -0.2) is 39.8 Å². The second-order valence-corrected chi connectivity index (χ2v) is 4.70. The second kappa shape index (κ2) is 6.56. The highest BCUT2D eigenvalue weighted by Crippen LogP contribution is 1.90. The summed E-state index contributed by atoms with van der Waals surface area (Å²) in [4.78, 5) is 10.4. The summed E-state index contributed by atoms with van der Waals surface area (Å²) in [5, 5.41) is 3.43. The molecule has 1 N–H and O–H groups in total. The van der Waals surface area contributed by atoms with Crippen molar-refractivity contribution in [3.05, 3.63) is 12.0 Å². The van der Waals surface area contributed by atoms with Crippen LogP contribution in [0.3, 0.4) is 0 Å². The monoisotopic (exact) mass is 221 g/mol. The lowest BCUT2D eigenvalue weighted by Gasteiger charge is -2.03. The van der Waals surface area contributed by atoms with Crippen LogP contribution in [0.5, 0.6) is 0 Å². The Morgan fingerprint density at radius 3 is 2.64 bits per heavy atom. The summed E-state index contributed by atoms with van der Waals surface area (Å²) in [5.41, 5.74) is 0. The molecular weight excluding hydrogens is 206 g/mol. The molecule has 0 aromatic carbocycles. The minimum atomic E-state index is -3.17. The van der Waals surface area contributed by atoms with Crippen LogP contribution in [0.25, 0.3) is 0 Å². The molecule has 0 heterocycles. The Morgan fingerprint density at radius 2 is 2.14 bits per heavy atom. The lowest BCUT2D eigenvalue weighted by molar-refractivity contribution is -0.119. The van der Waals surface area contributed by atoms with Crippen molar-refractivity contribution in [3.63, 3.8) is 0 Å². The summed E-state index contributed by atoms with van der Waals surface area (Å²) < 4.78 is 26.7. The Balaban J connectivity index is 3.39. The maximum Gasteiger partial charge on any atom is 0.216 e. The molecule has 0 aromatic rings. The van der Waals surface area contributed by atoms with Gasteiger partial charge in [0.25, 0.3) is 0 Å². The number of ether oxygens (including phenoxy) is 1. The van der Waals surface area contributed by atoms with E-state index in [9.17, 15) is 13.2 Å². The molecule has 0 unspecified atom stereocenters. The molecule has 0 aliphatic rings. The van der Waals surface area contributed by atoms with Crippen LogP contribution in [0.4, 0.5) is 0 Å². The molecule has 14 heavy (non-hydrogen) atoms. The molecule has 0 fully saturated rings. The Morgan fingerprint density at radius 1 is 1.50 bits per heavy atom. The second-order valence-electron chi connectivity index (χ2n) is 2.63. The smallest absolute Gasteiger partial charge is 0.216 e. The minimum absolute atomic E-state index is 0.0728. The zero-order valence-electron chi connectivity index (χ0n) is 8.15. The largest absolute Gasteiger partial charge is 0.379 e. The zero-order valence-corrected chi connectivity index (χ0v) is 8.97. The van der Waals surface area contributed by atoms with Gasteiger partial charge in [0, 0.05) is 18.9 Å². The van der Waals surface area contributed by atoms with Gasteiger partial charge in [-0.3, -0.25) is 4.79 Å². The van der Waals surface area contributed by atoms with Gasteiger partial charge in [-0.15, -0.1) is 0 Å². The first kappa shape index (κ1) is 13.1. The van der Waals surface area contributed by atoms with Crippen LogP contribution in [0.1, 0.15) is 6.92 Å². The number of nitrogens with one attached hydrogen (secondary N) is 1. The molecule has 82 valence electrons. The Hall–Kier alpha value is -0.880. The van der Waals surface area contributed by atoms with Crippen molar-refractivity contribution < 1.29 is 17.9 Å². The van der Waals surface area contributed by atoms with Crippen molar-refractivity contribution in [1.29, 1.82) is 0 Å². The number of amides is 1. The molecule has 0 saturated heterocycles. The van der Waals surface area contributed by atoms with Crippen LogP contribution in [0.2, 0.25) is 0 Å². The van der Waals surface area contributed by atoms with Crippen molar-refractivity contribution in [2.75, 3.05) is 25.5 Å². The van der Waals surface area contributed by atoms with E-state index >= 15 is 0 Å². The third-order valence-corrected chi connectivity index (χ3v) is 2.63. The predicted octanol–water partition coefficient (Wildman–Crippen LogP) is -0.303. The SMILES string of the molecule is C=CS(=O)(=O)CCOCCNC(C)=O. The standard InChI is InChI=1S/C8H15NO4S/c1-3-14(11,12)7-6-13-5-4-9-8(2)10/h3H,1,4-7H2,2H3,(H,9,10). The van der Waals surface area contributed by atoms with Crippen LogP contribution in [0.15, 0.2) is 12.0 Å². The molecule has 5 nitrogen and oxygen atoms in total. The molecule has 0 spiro atoms. The summed E-state index contributed by atoms with van der Waals surface area (Å²) in [6.45, 7) is 5.40. The Labute approximate surface area is 84.1 Å². The van der Waals surface area contributed by atoms with E-state index in [2.05, 4.69) is 11.9 Å². The van der Waals surface area contributed by atoms with Gasteiger partial charge in [0.1, 0.15) is 0 Å². The lowest BCUT2D eigenvalue weighted by atomic mass is 10.6. The third kappa shape index (κ3) is 7.75. The average molecular weight is 221 g/mol. The first-order chi connectivity index (χ1) is 6.48. The predicted molar refractivity (Wildman–Crippen MR) is 53.5 cm³/mol. The third-order valence-electron chi connectivity index (χ3n) is 1.39. The number of sulfone groups is 1. The molecular formula is C8H15NO4S. The Kier molecular flexibility index (Phi) is 6.14. The van der Waals surface area contributed by atoms with Crippen molar-refractivity contribution in [2.24, 2.45) is 0 Å². The normalized spacial score (nSPS) is 10.9. The van der Waals surface area contributed by atoms with Crippen LogP contribution in [-0.2, 0) is 19.4 Å². The van der Waals surface area contributed by atoms with Crippen LogP contribution in [0, 0.1) is 0 Å². The molecule has 0 bridgehead atoms. The van der Waals surface area contributed by atoms with Crippen molar-refractivity contribution in [3.8, 4) is 0 Å². The van der Waals surface area contributed by atoms with Crippen LogP contribution >= 0.6 is 0 Å². The first-order valence-electron chi connectivity index (χ1n) is 4.15. The molecule has 1 amide bonds. The Bertz CT molecular complexity index is 284. The van der Waals surface area contributed by atoms with E-state index in [1.54, 1.807) is 0 Å². The molecule has 0 rings (SSSR count). The topological polar surface area (TPSA) is 72.5 Å². The summed E-state index contributed by atoms with van der Waals surface area (Å²) in [6.07, 6.45) is 0. The number of hydrogen-bond donors (Lipinski definition) is 1.